The quantitative estimate of drug-likeness (QED) is 0.582. The fourth-order valence-electron chi connectivity index (χ4n) is 0.861. The van der Waals surface area contributed by atoms with Crippen molar-refractivity contribution in [3.05, 3.63) is 24.0 Å². The van der Waals surface area contributed by atoms with E-state index in [1.165, 1.54) is 7.05 Å². The van der Waals surface area contributed by atoms with Crippen LogP contribution < -0.4 is 62.2 Å². The second kappa shape index (κ2) is 6.00. The molecule has 0 spiro atoms. The second-order valence-electron chi connectivity index (χ2n) is 2.63. The van der Waals surface area contributed by atoms with Crippen LogP contribution >= 0.6 is 0 Å². The molecule has 76 valence electrons. The van der Waals surface area contributed by atoms with Crippen LogP contribution in [0, 0.1) is 0 Å². The van der Waals surface area contributed by atoms with Crippen molar-refractivity contribution < 1.29 is 69.1 Å². The van der Waals surface area contributed by atoms with Crippen LogP contribution in [-0.2, 0) is 0 Å². The van der Waals surface area contributed by atoms with E-state index in [0.717, 1.165) is 12.1 Å². The van der Waals surface area contributed by atoms with Crippen LogP contribution in [0.25, 0.3) is 0 Å². The van der Waals surface area contributed by atoms with Crippen molar-refractivity contribution in [3.8, 4) is 0 Å². The first kappa shape index (κ1) is 15.1. The molecule has 0 fully saturated rings. The van der Waals surface area contributed by atoms with E-state index in [9.17, 15) is 17.7 Å². The van der Waals surface area contributed by atoms with Crippen LogP contribution in [0.2, 0.25) is 0 Å². The number of nitrogens with zero attached hydrogens (tertiary/aromatic N) is 1. The van der Waals surface area contributed by atoms with E-state index in [-0.39, 0.29) is 57.1 Å². The molecule has 1 aromatic rings. The summed E-state index contributed by atoms with van der Waals surface area (Å²) < 4.78 is 36.4. The van der Waals surface area contributed by atoms with Crippen LogP contribution in [0.4, 0.5) is 12.9 Å². The third-order valence-electron chi connectivity index (χ3n) is 1.62. The Morgan fingerprint density at radius 1 is 1.40 bits per heavy atom. The van der Waals surface area contributed by atoms with Crippen LogP contribution in [0.1, 0.15) is 10.5 Å². The third-order valence-corrected chi connectivity index (χ3v) is 1.62. The van der Waals surface area contributed by atoms with Crippen LogP contribution in [0.3, 0.4) is 0 Å². The topological polar surface area (TPSA) is 42.0 Å². The molecule has 3 nitrogen and oxygen atoms in total. The molecule has 0 saturated heterocycles. The molecule has 1 heterocycles. The SMILES string of the molecule is CNC(=O)c1ccc([B-](F)(F)F)cn1.[K+]. The van der Waals surface area contributed by atoms with Crippen LogP contribution in [0.5, 0.6) is 0 Å². The third kappa shape index (κ3) is 4.23. The fourth-order valence-corrected chi connectivity index (χ4v) is 0.861. The summed E-state index contributed by atoms with van der Waals surface area (Å²) >= 11 is 0. The minimum atomic E-state index is -5.04. The molecule has 0 aliphatic carbocycles. The molecule has 0 atom stereocenters. The van der Waals surface area contributed by atoms with Gasteiger partial charge in [0.1, 0.15) is 5.69 Å². The zero-order valence-corrected chi connectivity index (χ0v) is 11.4. The smallest absolute Gasteiger partial charge is 0.445 e. The van der Waals surface area contributed by atoms with Gasteiger partial charge >= 0.3 is 58.4 Å². The van der Waals surface area contributed by atoms with Gasteiger partial charge in [0.2, 0.25) is 0 Å². The minimum Gasteiger partial charge on any atom is -0.445 e. The predicted octanol–water partition coefficient (Wildman–Crippen LogP) is -2.50. The largest absolute Gasteiger partial charge is 1.00 e. The van der Waals surface area contributed by atoms with E-state index < -0.39 is 18.3 Å². The van der Waals surface area contributed by atoms with Gasteiger partial charge in [0.15, 0.2) is 0 Å². The van der Waals surface area contributed by atoms with Crippen molar-refractivity contribution in [1.29, 1.82) is 0 Å². The number of pyridine rings is 1. The summed E-state index contributed by atoms with van der Waals surface area (Å²) in [5.74, 6) is -0.508. The molecule has 0 bridgehead atoms. The van der Waals surface area contributed by atoms with E-state index in [4.69, 9.17) is 0 Å². The number of hydrogen-bond acceptors (Lipinski definition) is 2. The zero-order valence-electron chi connectivity index (χ0n) is 8.30. The minimum absolute atomic E-state index is 0. The zero-order chi connectivity index (χ0) is 10.8. The van der Waals surface area contributed by atoms with Gasteiger partial charge in [0, 0.05) is 13.2 Å². The first-order valence-corrected chi connectivity index (χ1v) is 3.83. The molecule has 1 amide bonds. The molecule has 0 aliphatic rings. The molecule has 8 heteroatoms. The molecule has 1 rings (SSSR count). The summed E-state index contributed by atoms with van der Waals surface area (Å²) in [5, 5.41) is 2.26. The number of rotatable bonds is 2. The van der Waals surface area contributed by atoms with Crippen molar-refractivity contribution in [2.75, 3.05) is 7.05 Å². The molecule has 1 aromatic heterocycles. The Kier molecular flexibility index (Phi) is 6.04. The Bertz CT molecular complexity index is 341. The molecular formula is C7H7BF3KN2O. The van der Waals surface area contributed by atoms with Gasteiger partial charge in [-0.05, 0) is 6.07 Å². The van der Waals surface area contributed by atoms with E-state index in [0.29, 0.717) is 6.20 Å². The van der Waals surface area contributed by atoms with Crippen molar-refractivity contribution in [2.24, 2.45) is 0 Å². The van der Waals surface area contributed by atoms with Crippen molar-refractivity contribution in [3.63, 3.8) is 0 Å². The summed E-state index contributed by atoms with van der Waals surface area (Å²) in [4.78, 5) is 14.3. The number of hydrogen-bond donors (Lipinski definition) is 1. The fraction of sp³-hybridized carbons (Fsp3) is 0.143. The van der Waals surface area contributed by atoms with Crippen molar-refractivity contribution in [2.45, 2.75) is 0 Å². The van der Waals surface area contributed by atoms with E-state index >= 15 is 0 Å². The maximum absolute atomic E-state index is 12.1. The van der Waals surface area contributed by atoms with Gasteiger partial charge in [-0.1, -0.05) is 11.5 Å². The van der Waals surface area contributed by atoms with Gasteiger partial charge < -0.3 is 18.3 Å². The number of nitrogens with one attached hydrogen (secondary N) is 1. The normalized spacial score (nSPS) is 10.4. The molecule has 0 aromatic carbocycles. The summed E-state index contributed by atoms with van der Waals surface area (Å²) in [6.07, 6.45) is 0.657. The second-order valence-corrected chi connectivity index (χ2v) is 2.63. The molecule has 0 radical (unpaired) electrons. The average molecular weight is 242 g/mol. The average Bonchev–Trinajstić information content (AvgIpc) is 2.15. The maximum atomic E-state index is 12.1. The molecule has 15 heavy (non-hydrogen) atoms. The number of carbonyl (C=O) groups excluding carboxylic acids is 1. The van der Waals surface area contributed by atoms with Gasteiger partial charge in [0.25, 0.3) is 5.91 Å². The monoisotopic (exact) mass is 242 g/mol. The van der Waals surface area contributed by atoms with E-state index in [2.05, 4.69) is 10.3 Å². The van der Waals surface area contributed by atoms with E-state index in [1.54, 1.807) is 0 Å². The Labute approximate surface area is 127 Å². The van der Waals surface area contributed by atoms with Gasteiger partial charge in [0.05, 0.1) is 0 Å². The first-order chi connectivity index (χ1) is 6.45. The molecule has 0 saturated carbocycles. The van der Waals surface area contributed by atoms with Gasteiger partial charge in [-0.3, -0.25) is 9.78 Å². The Hall–Kier alpha value is 0.111. The van der Waals surface area contributed by atoms with Crippen molar-refractivity contribution >= 4 is 18.3 Å². The van der Waals surface area contributed by atoms with Crippen LogP contribution in [0.15, 0.2) is 18.3 Å². The number of amides is 1. The number of aromatic nitrogens is 1. The van der Waals surface area contributed by atoms with Gasteiger partial charge in [-0.15, -0.1) is 0 Å². The Morgan fingerprint density at radius 3 is 2.33 bits per heavy atom. The number of halogens is 3. The summed E-state index contributed by atoms with van der Waals surface area (Å²) in [6.45, 7) is -5.04. The molecule has 1 N–H and O–H groups in total. The van der Waals surface area contributed by atoms with Gasteiger partial charge in [-0.25, -0.2) is 0 Å². The summed E-state index contributed by atoms with van der Waals surface area (Å²) in [5.41, 5.74) is -0.839. The first-order valence-electron chi connectivity index (χ1n) is 3.83. The van der Waals surface area contributed by atoms with Gasteiger partial charge in [-0.2, -0.15) is 0 Å². The molecular weight excluding hydrogens is 235 g/mol. The van der Waals surface area contributed by atoms with E-state index in [1.807, 2.05) is 0 Å². The summed E-state index contributed by atoms with van der Waals surface area (Å²) in [6, 6.07) is 1.89. The Balaban J connectivity index is 0.00000196. The molecule has 0 unspecified atom stereocenters. The predicted molar refractivity (Wildman–Crippen MR) is 46.3 cm³/mol. The summed E-state index contributed by atoms with van der Waals surface area (Å²) in [7, 11) is 1.38. The standard InChI is InChI=1S/C7H7BF3N2O.K/c1-12-7(14)6-3-2-5(4-13-6)8(9,10)11;/h2-4H,1H3,(H,12,14);/q-1;+1. The Morgan fingerprint density at radius 2 is 2.00 bits per heavy atom. The van der Waals surface area contributed by atoms with Crippen molar-refractivity contribution in [1.82, 2.24) is 10.3 Å². The molecule has 0 aliphatic heterocycles. The number of carbonyl (C=O) groups is 1. The maximum Gasteiger partial charge on any atom is 1.00 e. The van der Waals surface area contributed by atoms with Crippen LogP contribution in [-0.4, -0.2) is 24.9 Å².